The molecule has 1 fully saturated rings. The van der Waals surface area contributed by atoms with Gasteiger partial charge in [-0.3, -0.25) is 0 Å². The monoisotopic (exact) mass is 282 g/mol. The Morgan fingerprint density at radius 2 is 1.94 bits per heavy atom. The second-order valence-corrected chi connectivity index (χ2v) is 7.65. The zero-order valence-corrected chi connectivity index (χ0v) is 12.8. The third-order valence-corrected chi connectivity index (χ3v) is 6.27. The Labute approximate surface area is 119 Å². The van der Waals surface area contributed by atoms with Crippen molar-refractivity contribution in [1.29, 1.82) is 0 Å². The van der Waals surface area contributed by atoms with Gasteiger partial charge in [0.05, 0.1) is 6.10 Å². The number of aliphatic hydroxyl groups excluding tert-OH is 1. The maximum Gasteiger partial charge on any atom is 0.0707 e. The summed E-state index contributed by atoms with van der Waals surface area (Å²) in [7, 11) is 0. The molecule has 2 atom stereocenters. The minimum absolute atomic E-state index is 0.201. The fraction of sp³-hybridized carbons (Fsp3) is 0.600. The number of hydrogen-bond acceptors (Lipinski definition) is 3. The molecule has 0 bridgehead atoms. The topological polar surface area (TPSA) is 20.2 Å². The number of rotatable bonds is 4. The van der Waals surface area contributed by atoms with E-state index >= 15 is 0 Å². The molecule has 0 aromatic heterocycles. The minimum atomic E-state index is -0.201. The molecule has 1 aliphatic heterocycles. The maximum absolute atomic E-state index is 10.3. The average molecular weight is 282 g/mol. The number of thioether (sulfide) groups is 2. The highest BCUT2D eigenvalue weighted by atomic mass is 32.2. The first-order valence-electron chi connectivity index (χ1n) is 6.63. The zero-order valence-electron chi connectivity index (χ0n) is 11.1. The van der Waals surface area contributed by atoms with Gasteiger partial charge in [-0.2, -0.15) is 23.5 Å². The van der Waals surface area contributed by atoms with Crippen LogP contribution < -0.4 is 0 Å². The molecule has 2 unspecified atom stereocenters. The molecule has 2 rings (SSSR count). The van der Waals surface area contributed by atoms with Gasteiger partial charge in [-0.05, 0) is 23.5 Å². The molecule has 1 aromatic carbocycles. The molecule has 18 heavy (non-hydrogen) atoms. The lowest BCUT2D eigenvalue weighted by atomic mass is 9.99. The van der Waals surface area contributed by atoms with Gasteiger partial charge in [-0.25, -0.2) is 0 Å². The Balaban J connectivity index is 1.91. The molecular weight excluding hydrogens is 260 g/mol. The van der Waals surface area contributed by atoms with Crippen molar-refractivity contribution in [2.75, 3.05) is 17.3 Å². The molecule has 3 heteroatoms. The maximum atomic E-state index is 10.3. The van der Waals surface area contributed by atoms with Crippen molar-refractivity contribution in [1.82, 2.24) is 0 Å². The van der Waals surface area contributed by atoms with Crippen molar-refractivity contribution < 1.29 is 5.11 Å². The fourth-order valence-electron chi connectivity index (χ4n) is 2.14. The highest BCUT2D eigenvalue weighted by molar-refractivity contribution is 8.06. The SMILES string of the molecule is CC(C)c1ccc(CC(O)C2CSCCS2)cc1. The summed E-state index contributed by atoms with van der Waals surface area (Å²) in [5.74, 6) is 4.08. The molecule has 0 radical (unpaired) electrons. The number of benzene rings is 1. The smallest absolute Gasteiger partial charge is 0.0707 e. The summed E-state index contributed by atoms with van der Waals surface area (Å²) >= 11 is 3.90. The molecular formula is C15H22OS2. The lowest BCUT2D eigenvalue weighted by Crippen LogP contribution is -2.30. The van der Waals surface area contributed by atoms with Crippen molar-refractivity contribution in [3.8, 4) is 0 Å². The fourth-order valence-corrected chi connectivity index (χ4v) is 4.91. The highest BCUT2D eigenvalue weighted by Crippen LogP contribution is 2.28. The molecule has 1 aromatic rings. The molecule has 100 valence electrons. The zero-order chi connectivity index (χ0) is 13.0. The van der Waals surface area contributed by atoms with Crippen molar-refractivity contribution in [3.05, 3.63) is 35.4 Å². The van der Waals surface area contributed by atoms with E-state index in [1.807, 2.05) is 23.5 Å². The third-order valence-electron chi connectivity index (χ3n) is 3.36. The van der Waals surface area contributed by atoms with Crippen LogP contribution in [0.25, 0.3) is 0 Å². The molecule has 1 N–H and O–H groups in total. The van der Waals surface area contributed by atoms with Gasteiger partial charge in [0.1, 0.15) is 0 Å². The van der Waals surface area contributed by atoms with Gasteiger partial charge in [-0.15, -0.1) is 0 Å². The van der Waals surface area contributed by atoms with E-state index in [0.29, 0.717) is 11.2 Å². The molecule has 1 aliphatic rings. The summed E-state index contributed by atoms with van der Waals surface area (Å²) in [4.78, 5) is 0. The van der Waals surface area contributed by atoms with E-state index in [2.05, 4.69) is 38.1 Å². The van der Waals surface area contributed by atoms with Crippen LogP contribution in [0.15, 0.2) is 24.3 Å². The van der Waals surface area contributed by atoms with E-state index in [0.717, 1.165) is 12.2 Å². The van der Waals surface area contributed by atoms with E-state index in [1.165, 1.54) is 22.6 Å². The molecule has 1 heterocycles. The van der Waals surface area contributed by atoms with Crippen LogP contribution in [-0.4, -0.2) is 33.7 Å². The summed E-state index contributed by atoms with van der Waals surface area (Å²) in [5, 5.41) is 10.7. The average Bonchev–Trinajstić information content (AvgIpc) is 2.40. The van der Waals surface area contributed by atoms with Gasteiger partial charge < -0.3 is 5.11 Å². The van der Waals surface area contributed by atoms with E-state index in [-0.39, 0.29) is 6.10 Å². The Morgan fingerprint density at radius 3 is 2.50 bits per heavy atom. The van der Waals surface area contributed by atoms with Gasteiger partial charge >= 0.3 is 0 Å². The van der Waals surface area contributed by atoms with Gasteiger partial charge in [0.25, 0.3) is 0 Å². The van der Waals surface area contributed by atoms with Gasteiger partial charge in [0, 0.05) is 22.5 Å². The third kappa shape index (κ3) is 3.94. The normalized spacial score (nSPS) is 22.1. The standard InChI is InChI=1S/C15H22OS2/c1-11(2)13-5-3-12(4-6-13)9-14(16)15-10-17-7-8-18-15/h3-6,11,14-16H,7-10H2,1-2H3. The summed E-state index contributed by atoms with van der Waals surface area (Å²) in [6, 6.07) is 8.71. The van der Waals surface area contributed by atoms with E-state index < -0.39 is 0 Å². The van der Waals surface area contributed by atoms with Crippen molar-refractivity contribution in [2.24, 2.45) is 0 Å². The largest absolute Gasteiger partial charge is 0.392 e. The lowest BCUT2D eigenvalue weighted by Gasteiger charge is -2.25. The minimum Gasteiger partial charge on any atom is -0.392 e. The predicted molar refractivity (Wildman–Crippen MR) is 83.8 cm³/mol. The molecule has 1 nitrogen and oxygen atoms in total. The number of hydrogen-bond donors (Lipinski definition) is 1. The molecule has 0 amide bonds. The van der Waals surface area contributed by atoms with Crippen LogP contribution in [0, 0.1) is 0 Å². The lowest BCUT2D eigenvalue weighted by molar-refractivity contribution is 0.177. The molecule has 0 spiro atoms. The first kappa shape index (κ1) is 14.3. The molecule has 1 saturated heterocycles. The van der Waals surface area contributed by atoms with Crippen LogP contribution >= 0.6 is 23.5 Å². The van der Waals surface area contributed by atoms with E-state index in [9.17, 15) is 5.11 Å². The van der Waals surface area contributed by atoms with Gasteiger partial charge in [-0.1, -0.05) is 38.1 Å². The summed E-state index contributed by atoms with van der Waals surface area (Å²) in [6.45, 7) is 4.42. The summed E-state index contributed by atoms with van der Waals surface area (Å²) < 4.78 is 0. The van der Waals surface area contributed by atoms with Crippen molar-refractivity contribution in [3.63, 3.8) is 0 Å². The summed E-state index contributed by atoms with van der Waals surface area (Å²) in [6.07, 6.45) is 0.587. The second kappa shape index (κ2) is 6.88. The van der Waals surface area contributed by atoms with E-state index in [1.54, 1.807) is 0 Å². The van der Waals surface area contributed by atoms with Crippen molar-refractivity contribution >= 4 is 23.5 Å². The summed E-state index contributed by atoms with van der Waals surface area (Å²) in [5.41, 5.74) is 2.62. The molecule has 0 saturated carbocycles. The van der Waals surface area contributed by atoms with Crippen LogP contribution in [0.4, 0.5) is 0 Å². The molecule has 0 aliphatic carbocycles. The first-order chi connectivity index (χ1) is 8.66. The second-order valence-electron chi connectivity index (χ2n) is 5.15. The van der Waals surface area contributed by atoms with Crippen LogP contribution in [0.1, 0.15) is 30.9 Å². The quantitative estimate of drug-likeness (QED) is 0.912. The van der Waals surface area contributed by atoms with Crippen LogP contribution in [0.2, 0.25) is 0 Å². The van der Waals surface area contributed by atoms with E-state index in [4.69, 9.17) is 0 Å². The highest BCUT2D eigenvalue weighted by Gasteiger charge is 2.22. The first-order valence-corrected chi connectivity index (χ1v) is 8.83. The van der Waals surface area contributed by atoms with Crippen molar-refractivity contribution in [2.45, 2.75) is 37.5 Å². The Bertz CT molecular complexity index is 355. The predicted octanol–water partition coefficient (Wildman–Crippen LogP) is 3.56. The van der Waals surface area contributed by atoms with Crippen LogP contribution in [-0.2, 0) is 6.42 Å². The van der Waals surface area contributed by atoms with Gasteiger partial charge in [0.2, 0.25) is 0 Å². The Kier molecular flexibility index (Phi) is 5.46. The van der Waals surface area contributed by atoms with Crippen LogP contribution in [0.3, 0.4) is 0 Å². The van der Waals surface area contributed by atoms with Crippen LogP contribution in [0.5, 0.6) is 0 Å². The Morgan fingerprint density at radius 1 is 1.22 bits per heavy atom. The Hall–Kier alpha value is -0.120. The number of aliphatic hydroxyl groups is 1. The van der Waals surface area contributed by atoms with Gasteiger partial charge in [0.15, 0.2) is 0 Å².